The first-order valence-electron chi connectivity index (χ1n) is 6.75. The third-order valence-electron chi connectivity index (χ3n) is 3.60. The zero-order chi connectivity index (χ0) is 15.0. The summed E-state index contributed by atoms with van der Waals surface area (Å²) in [5.74, 6) is 0. The Morgan fingerprint density at radius 2 is 2.00 bits per heavy atom. The first kappa shape index (κ1) is 15.1. The SMILES string of the molecule is CC(C)(C)OC(=O)N1CCC1(CN)c1ccc(Cl)cc1. The maximum absolute atomic E-state index is 12.3. The standard InChI is InChI=1S/C15H21ClN2O2/c1-14(2,3)20-13(19)18-9-8-15(18,10-17)11-4-6-12(16)7-5-11/h4-7H,8-10,17H2,1-3H3. The van der Waals surface area contributed by atoms with E-state index in [4.69, 9.17) is 22.1 Å². The third kappa shape index (κ3) is 2.76. The van der Waals surface area contributed by atoms with Crippen molar-refractivity contribution in [2.45, 2.75) is 38.3 Å². The molecule has 0 bridgehead atoms. The Morgan fingerprint density at radius 3 is 2.40 bits per heavy atom. The van der Waals surface area contributed by atoms with Crippen molar-refractivity contribution in [2.75, 3.05) is 13.1 Å². The van der Waals surface area contributed by atoms with Gasteiger partial charge in [-0.1, -0.05) is 23.7 Å². The normalized spacial score (nSPS) is 22.4. The summed E-state index contributed by atoms with van der Waals surface area (Å²) in [5, 5.41) is 0.670. The van der Waals surface area contributed by atoms with Crippen molar-refractivity contribution in [2.24, 2.45) is 5.73 Å². The van der Waals surface area contributed by atoms with Gasteiger partial charge in [0.25, 0.3) is 0 Å². The Labute approximate surface area is 124 Å². The maximum atomic E-state index is 12.3. The van der Waals surface area contributed by atoms with E-state index in [1.54, 1.807) is 4.90 Å². The number of ether oxygens (including phenoxy) is 1. The van der Waals surface area contributed by atoms with Crippen LogP contribution in [0.25, 0.3) is 0 Å². The van der Waals surface area contributed by atoms with Crippen molar-refractivity contribution in [3.05, 3.63) is 34.9 Å². The first-order chi connectivity index (χ1) is 9.28. The zero-order valence-electron chi connectivity index (χ0n) is 12.1. The van der Waals surface area contributed by atoms with Gasteiger partial charge in [0.15, 0.2) is 0 Å². The van der Waals surface area contributed by atoms with Gasteiger partial charge in [0.1, 0.15) is 5.60 Å². The number of hydrogen-bond donors (Lipinski definition) is 1. The van der Waals surface area contributed by atoms with Crippen molar-refractivity contribution in [1.29, 1.82) is 0 Å². The van der Waals surface area contributed by atoms with E-state index in [2.05, 4.69) is 0 Å². The van der Waals surface area contributed by atoms with Crippen LogP contribution in [-0.2, 0) is 10.3 Å². The van der Waals surface area contributed by atoms with Crippen molar-refractivity contribution >= 4 is 17.7 Å². The number of nitrogens with two attached hydrogens (primary N) is 1. The van der Waals surface area contributed by atoms with Crippen molar-refractivity contribution in [3.8, 4) is 0 Å². The second kappa shape index (κ2) is 5.26. The van der Waals surface area contributed by atoms with E-state index in [-0.39, 0.29) is 6.09 Å². The van der Waals surface area contributed by atoms with Gasteiger partial charge in [-0.2, -0.15) is 0 Å². The minimum Gasteiger partial charge on any atom is -0.444 e. The topological polar surface area (TPSA) is 55.6 Å². The molecule has 0 saturated carbocycles. The highest BCUT2D eigenvalue weighted by Gasteiger charge is 2.49. The van der Waals surface area contributed by atoms with Crippen LogP contribution in [0.1, 0.15) is 32.8 Å². The Bertz CT molecular complexity index is 492. The van der Waals surface area contributed by atoms with Gasteiger partial charge in [-0.25, -0.2) is 4.79 Å². The number of likely N-dealkylation sites (tertiary alicyclic amines) is 1. The summed E-state index contributed by atoms with van der Waals surface area (Å²) in [5.41, 5.74) is 5.98. The molecule has 5 heteroatoms. The third-order valence-corrected chi connectivity index (χ3v) is 3.85. The number of rotatable bonds is 2. The van der Waals surface area contributed by atoms with Crippen LogP contribution in [0.3, 0.4) is 0 Å². The van der Waals surface area contributed by atoms with Crippen LogP contribution in [0.5, 0.6) is 0 Å². The molecule has 1 heterocycles. The molecular weight excluding hydrogens is 276 g/mol. The molecule has 1 atom stereocenters. The van der Waals surface area contributed by atoms with Gasteiger partial charge in [0.2, 0.25) is 0 Å². The van der Waals surface area contributed by atoms with Crippen molar-refractivity contribution in [3.63, 3.8) is 0 Å². The van der Waals surface area contributed by atoms with Crippen LogP contribution in [0.15, 0.2) is 24.3 Å². The smallest absolute Gasteiger partial charge is 0.411 e. The molecule has 0 spiro atoms. The average Bonchev–Trinajstić information content (AvgIpc) is 2.29. The summed E-state index contributed by atoms with van der Waals surface area (Å²) in [4.78, 5) is 14.0. The predicted molar refractivity (Wildman–Crippen MR) is 79.7 cm³/mol. The molecule has 0 radical (unpaired) electrons. The number of carbonyl (C=O) groups excluding carboxylic acids is 1. The molecule has 4 nitrogen and oxygen atoms in total. The molecule has 1 aliphatic heterocycles. The van der Waals surface area contributed by atoms with Crippen LogP contribution in [0.2, 0.25) is 5.02 Å². The number of amides is 1. The lowest BCUT2D eigenvalue weighted by molar-refractivity contribution is -0.0440. The molecule has 1 amide bonds. The monoisotopic (exact) mass is 296 g/mol. The number of hydrogen-bond acceptors (Lipinski definition) is 3. The van der Waals surface area contributed by atoms with Gasteiger partial charge in [-0.3, -0.25) is 4.90 Å². The summed E-state index contributed by atoms with van der Waals surface area (Å²) < 4.78 is 5.45. The van der Waals surface area contributed by atoms with Gasteiger partial charge in [-0.05, 0) is 44.9 Å². The number of nitrogens with zero attached hydrogens (tertiary/aromatic N) is 1. The summed E-state index contributed by atoms with van der Waals surface area (Å²) in [6.45, 7) is 6.61. The lowest BCUT2D eigenvalue weighted by Gasteiger charge is -2.52. The second-order valence-corrected chi connectivity index (χ2v) is 6.56. The summed E-state index contributed by atoms with van der Waals surface area (Å²) in [7, 11) is 0. The molecule has 1 aromatic rings. The minimum atomic E-state index is -0.507. The molecule has 1 aliphatic rings. The van der Waals surface area contributed by atoms with Crippen LogP contribution < -0.4 is 5.73 Å². The first-order valence-corrected chi connectivity index (χ1v) is 7.13. The molecule has 2 N–H and O–H groups in total. The highest BCUT2D eigenvalue weighted by atomic mass is 35.5. The summed E-state index contributed by atoms with van der Waals surface area (Å²) >= 11 is 5.92. The summed E-state index contributed by atoms with van der Waals surface area (Å²) in [6.07, 6.45) is 0.522. The second-order valence-electron chi connectivity index (χ2n) is 6.12. The van der Waals surface area contributed by atoms with Crippen molar-refractivity contribution in [1.82, 2.24) is 4.90 Å². The fourth-order valence-corrected chi connectivity index (χ4v) is 2.59. The average molecular weight is 297 g/mol. The number of halogens is 1. The van der Waals surface area contributed by atoms with E-state index < -0.39 is 11.1 Å². The van der Waals surface area contributed by atoms with Crippen LogP contribution in [0, 0.1) is 0 Å². The van der Waals surface area contributed by atoms with Crippen LogP contribution in [-0.4, -0.2) is 29.7 Å². The predicted octanol–water partition coefficient (Wildman–Crippen LogP) is 3.13. The minimum absolute atomic E-state index is 0.316. The molecule has 20 heavy (non-hydrogen) atoms. The highest BCUT2D eigenvalue weighted by molar-refractivity contribution is 6.30. The van der Waals surface area contributed by atoms with E-state index in [0.717, 1.165) is 12.0 Å². The Balaban J connectivity index is 2.23. The largest absolute Gasteiger partial charge is 0.444 e. The molecule has 1 aromatic carbocycles. The van der Waals surface area contributed by atoms with E-state index >= 15 is 0 Å². The Hall–Kier alpha value is -1.26. The molecule has 1 fully saturated rings. The van der Waals surface area contributed by atoms with E-state index in [0.29, 0.717) is 18.1 Å². The molecule has 1 unspecified atom stereocenters. The number of carbonyl (C=O) groups is 1. The van der Waals surface area contributed by atoms with Gasteiger partial charge < -0.3 is 10.5 Å². The lowest BCUT2D eigenvalue weighted by atomic mass is 9.78. The molecule has 1 saturated heterocycles. The van der Waals surface area contributed by atoms with Gasteiger partial charge in [-0.15, -0.1) is 0 Å². The van der Waals surface area contributed by atoms with Crippen LogP contribution >= 0.6 is 11.6 Å². The van der Waals surface area contributed by atoms with E-state index in [9.17, 15) is 4.79 Å². The quantitative estimate of drug-likeness (QED) is 0.912. The van der Waals surface area contributed by atoms with Gasteiger partial charge in [0.05, 0.1) is 5.54 Å². The molecule has 0 aliphatic carbocycles. The molecule has 0 aromatic heterocycles. The highest BCUT2D eigenvalue weighted by Crippen LogP contribution is 2.40. The number of benzene rings is 1. The fourth-order valence-electron chi connectivity index (χ4n) is 2.47. The lowest BCUT2D eigenvalue weighted by Crippen LogP contribution is -2.63. The Kier molecular flexibility index (Phi) is 3.98. The van der Waals surface area contributed by atoms with Crippen LogP contribution in [0.4, 0.5) is 4.79 Å². The Morgan fingerprint density at radius 1 is 1.40 bits per heavy atom. The fraction of sp³-hybridized carbons (Fsp3) is 0.533. The van der Waals surface area contributed by atoms with Gasteiger partial charge >= 0.3 is 6.09 Å². The molecular formula is C15H21ClN2O2. The van der Waals surface area contributed by atoms with Crippen molar-refractivity contribution < 1.29 is 9.53 Å². The zero-order valence-corrected chi connectivity index (χ0v) is 12.9. The van der Waals surface area contributed by atoms with Gasteiger partial charge in [0, 0.05) is 18.1 Å². The van der Waals surface area contributed by atoms with E-state index in [1.165, 1.54) is 0 Å². The van der Waals surface area contributed by atoms with E-state index in [1.807, 2.05) is 45.0 Å². The molecule has 2 rings (SSSR count). The molecule has 110 valence electrons. The summed E-state index contributed by atoms with van der Waals surface area (Å²) in [6, 6.07) is 7.48. The maximum Gasteiger partial charge on any atom is 0.411 e.